The van der Waals surface area contributed by atoms with Gasteiger partial charge in [0.2, 0.25) is 11.8 Å². The Kier molecular flexibility index (Phi) is 5.47. The van der Waals surface area contributed by atoms with E-state index in [0.717, 1.165) is 28.5 Å². The molecule has 13 heteroatoms. The molecule has 0 fully saturated rings. The smallest absolute Gasteiger partial charge is 0.338 e. The fourth-order valence-corrected chi connectivity index (χ4v) is 4.02. The third-order valence-electron chi connectivity index (χ3n) is 5.45. The highest BCUT2D eigenvalue weighted by molar-refractivity contribution is 7.99. The van der Waals surface area contributed by atoms with Gasteiger partial charge in [0.25, 0.3) is 0 Å². The zero-order chi connectivity index (χ0) is 24.1. The molecular weight excluding hydrogens is 459 g/mol. The van der Waals surface area contributed by atoms with Crippen molar-refractivity contribution in [2.24, 2.45) is 4.40 Å². The van der Waals surface area contributed by atoms with Crippen molar-refractivity contribution in [3.8, 4) is 0 Å². The van der Waals surface area contributed by atoms with Crippen LogP contribution in [0.4, 0.5) is 30.4 Å². The monoisotopic (exact) mass is 479 g/mol. The number of aromatic nitrogens is 2. The molecule has 2 aliphatic heterocycles. The molecule has 0 aromatic carbocycles. The molecule has 2 aromatic heterocycles. The molecule has 2 amide bonds. The lowest BCUT2D eigenvalue weighted by Gasteiger charge is -2.22. The van der Waals surface area contributed by atoms with E-state index >= 15 is 0 Å². The highest BCUT2D eigenvalue weighted by Gasteiger charge is 2.39. The maximum absolute atomic E-state index is 13.2. The molecule has 0 saturated heterocycles. The Bertz CT molecular complexity index is 1180. The number of anilines is 3. The molecule has 1 unspecified atom stereocenters. The van der Waals surface area contributed by atoms with Crippen molar-refractivity contribution in [1.82, 2.24) is 15.3 Å². The second kappa shape index (κ2) is 7.90. The molecule has 0 spiro atoms. The van der Waals surface area contributed by atoms with Gasteiger partial charge in [-0.05, 0) is 31.5 Å². The van der Waals surface area contributed by atoms with Crippen molar-refractivity contribution >= 4 is 46.8 Å². The van der Waals surface area contributed by atoms with Gasteiger partial charge in [-0.3, -0.25) is 14.6 Å². The third-order valence-corrected chi connectivity index (χ3v) is 6.18. The average molecular weight is 479 g/mol. The van der Waals surface area contributed by atoms with Crippen molar-refractivity contribution in [2.75, 3.05) is 22.6 Å². The number of amidine groups is 1. The summed E-state index contributed by atoms with van der Waals surface area (Å²) in [5.74, 6) is -0.0535. The molecule has 174 valence electrons. The van der Waals surface area contributed by atoms with Crippen LogP contribution in [0.25, 0.3) is 0 Å². The summed E-state index contributed by atoms with van der Waals surface area (Å²) in [4.78, 5) is 33.3. The standard InChI is InChI=1S/C20H20F3N7O2S/c1-9(31)30(4)14-5-10(20(21,22)23)7-25-16(14)28-18-27-15(29-33-18)12-6-11-13(8-24-12)26-17(32)19(11,2)3/h5-8,18H,1-4H3,(H,25,28)(H,26,32)(H,27,29). The number of halogens is 3. The SMILES string of the molecule is CC(=O)N(C)c1cc(C(F)(F)F)cnc1NC1NC(c2cc3c(cn2)NC(=O)C3(C)C)=NS1. The molecule has 0 saturated carbocycles. The molecule has 4 heterocycles. The predicted octanol–water partition coefficient (Wildman–Crippen LogP) is 3.10. The highest BCUT2D eigenvalue weighted by atomic mass is 32.2. The second-order valence-corrected chi connectivity index (χ2v) is 8.94. The Balaban J connectivity index is 1.55. The minimum absolute atomic E-state index is 0.0184. The summed E-state index contributed by atoms with van der Waals surface area (Å²) in [5.41, 5.74) is -0.335. The number of carbonyl (C=O) groups is 2. The number of hydrogen-bond acceptors (Lipinski definition) is 8. The summed E-state index contributed by atoms with van der Waals surface area (Å²) in [6.45, 7) is 4.86. The maximum atomic E-state index is 13.2. The average Bonchev–Trinajstić information content (AvgIpc) is 3.29. The summed E-state index contributed by atoms with van der Waals surface area (Å²) in [5, 5.41) is 8.85. The summed E-state index contributed by atoms with van der Waals surface area (Å²) in [7, 11) is 1.37. The number of hydrogen-bond donors (Lipinski definition) is 3. The van der Waals surface area contributed by atoms with Crippen molar-refractivity contribution in [3.05, 3.63) is 41.3 Å². The van der Waals surface area contributed by atoms with E-state index in [4.69, 9.17) is 0 Å². The molecule has 0 aliphatic carbocycles. The third kappa shape index (κ3) is 4.19. The lowest BCUT2D eigenvalue weighted by atomic mass is 9.86. The molecule has 2 aliphatic rings. The van der Waals surface area contributed by atoms with Gasteiger partial charge in [-0.2, -0.15) is 17.6 Å². The predicted molar refractivity (Wildman–Crippen MR) is 119 cm³/mol. The van der Waals surface area contributed by atoms with Crippen LogP contribution in [0.15, 0.2) is 28.9 Å². The molecule has 0 bridgehead atoms. The van der Waals surface area contributed by atoms with Crippen LogP contribution < -0.4 is 20.9 Å². The Morgan fingerprint density at radius 3 is 2.64 bits per heavy atom. The van der Waals surface area contributed by atoms with Gasteiger partial charge in [0.15, 0.2) is 17.2 Å². The Labute approximate surface area is 191 Å². The van der Waals surface area contributed by atoms with Crippen molar-refractivity contribution in [1.29, 1.82) is 0 Å². The first-order chi connectivity index (χ1) is 15.4. The van der Waals surface area contributed by atoms with Crippen LogP contribution >= 0.6 is 11.9 Å². The van der Waals surface area contributed by atoms with E-state index in [1.807, 2.05) is 13.8 Å². The number of rotatable bonds is 4. The van der Waals surface area contributed by atoms with E-state index in [-0.39, 0.29) is 17.4 Å². The largest absolute Gasteiger partial charge is 0.417 e. The molecule has 33 heavy (non-hydrogen) atoms. The van der Waals surface area contributed by atoms with Gasteiger partial charge < -0.3 is 20.9 Å². The zero-order valence-electron chi connectivity index (χ0n) is 18.0. The number of nitrogens with zero attached hydrogens (tertiary/aromatic N) is 4. The minimum Gasteiger partial charge on any atom is -0.338 e. The van der Waals surface area contributed by atoms with Gasteiger partial charge in [0, 0.05) is 32.1 Å². The Hall–Kier alpha value is -3.35. The van der Waals surface area contributed by atoms with Crippen LogP contribution in [-0.4, -0.2) is 40.2 Å². The lowest BCUT2D eigenvalue weighted by Crippen LogP contribution is -2.35. The van der Waals surface area contributed by atoms with Crippen LogP contribution in [0, 0.1) is 0 Å². The van der Waals surface area contributed by atoms with E-state index in [2.05, 4.69) is 30.3 Å². The molecule has 9 nitrogen and oxygen atoms in total. The van der Waals surface area contributed by atoms with Gasteiger partial charge in [0.1, 0.15) is 5.69 Å². The van der Waals surface area contributed by atoms with Gasteiger partial charge in [0.05, 0.1) is 28.6 Å². The fourth-order valence-electron chi connectivity index (χ4n) is 3.34. The molecule has 4 rings (SSSR count). The first-order valence-electron chi connectivity index (χ1n) is 9.78. The maximum Gasteiger partial charge on any atom is 0.417 e. The van der Waals surface area contributed by atoms with E-state index in [1.54, 1.807) is 12.3 Å². The molecule has 3 N–H and O–H groups in total. The summed E-state index contributed by atoms with van der Waals surface area (Å²) in [6.07, 6.45) is -2.34. The quantitative estimate of drug-likeness (QED) is 0.578. The van der Waals surface area contributed by atoms with Crippen LogP contribution in [0.2, 0.25) is 0 Å². The number of carbonyl (C=O) groups excluding carboxylic acids is 2. The Morgan fingerprint density at radius 1 is 1.24 bits per heavy atom. The van der Waals surface area contributed by atoms with Crippen LogP contribution in [0.3, 0.4) is 0 Å². The fraction of sp³-hybridized carbons (Fsp3) is 0.350. The first kappa shape index (κ1) is 22.8. The second-order valence-electron chi connectivity index (χ2n) is 8.08. The number of amides is 2. The van der Waals surface area contributed by atoms with Crippen molar-refractivity contribution in [3.63, 3.8) is 0 Å². The highest BCUT2D eigenvalue weighted by Crippen LogP contribution is 2.38. The number of alkyl halides is 3. The molecule has 2 aromatic rings. The van der Waals surface area contributed by atoms with E-state index in [1.165, 1.54) is 14.0 Å². The molecule has 0 radical (unpaired) electrons. The van der Waals surface area contributed by atoms with Gasteiger partial charge in [-0.15, -0.1) is 0 Å². The lowest BCUT2D eigenvalue weighted by molar-refractivity contribution is -0.137. The summed E-state index contributed by atoms with van der Waals surface area (Å²) >= 11 is 1.09. The van der Waals surface area contributed by atoms with Crippen LogP contribution in [0.1, 0.15) is 37.6 Å². The Morgan fingerprint density at radius 2 is 1.97 bits per heavy atom. The molecule has 1 atom stereocenters. The van der Waals surface area contributed by atoms with E-state index < -0.39 is 28.6 Å². The van der Waals surface area contributed by atoms with Gasteiger partial charge in [-0.1, -0.05) is 0 Å². The van der Waals surface area contributed by atoms with Crippen LogP contribution in [-0.2, 0) is 21.2 Å². The molecular formula is C20H20F3N7O2S. The van der Waals surface area contributed by atoms with Gasteiger partial charge in [-0.25, -0.2) is 4.98 Å². The zero-order valence-corrected chi connectivity index (χ0v) is 18.9. The topological polar surface area (TPSA) is 112 Å². The summed E-state index contributed by atoms with van der Waals surface area (Å²) in [6, 6.07) is 2.64. The van der Waals surface area contributed by atoms with Gasteiger partial charge >= 0.3 is 6.18 Å². The van der Waals surface area contributed by atoms with Crippen molar-refractivity contribution in [2.45, 2.75) is 37.9 Å². The normalized spacial score (nSPS) is 18.8. The first-order valence-corrected chi connectivity index (χ1v) is 10.6. The van der Waals surface area contributed by atoms with E-state index in [9.17, 15) is 22.8 Å². The summed E-state index contributed by atoms with van der Waals surface area (Å²) < 4.78 is 43.8. The minimum atomic E-state index is -4.60. The number of pyridine rings is 2. The number of nitrogens with one attached hydrogen (secondary N) is 3. The van der Waals surface area contributed by atoms with Crippen molar-refractivity contribution < 1.29 is 22.8 Å². The van der Waals surface area contributed by atoms with Crippen LogP contribution in [0.5, 0.6) is 0 Å². The van der Waals surface area contributed by atoms with E-state index in [0.29, 0.717) is 23.4 Å². The number of fused-ring (bicyclic) bond motifs is 1.